The van der Waals surface area contributed by atoms with Crippen molar-refractivity contribution in [2.45, 2.75) is 174 Å². The summed E-state index contributed by atoms with van der Waals surface area (Å²) in [5.74, 6) is -0.876. The predicted molar refractivity (Wildman–Crippen MR) is 222 cm³/mol. The summed E-state index contributed by atoms with van der Waals surface area (Å²) < 4.78 is 33.8. The van der Waals surface area contributed by atoms with Gasteiger partial charge in [-0.3, -0.25) is 14.2 Å². The SMILES string of the molecule is CC/C=C\C/C=C\C/C=C\CCCCCC(=O)OC(COC(=O)CCCCCCCCC/C=C\CCCCCCCC)COP(=O)([O-])OCC[N+](C)(C)C. The molecule has 9 nitrogen and oxygen atoms in total. The largest absolute Gasteiger partial charge is 0.756 e. The van der Waals surface area contributed by atoms with E-state index >= 15 is 0 Å². The van der Waals surface area contributed by atoms with Crippen molar-refractivity contribution in [2.75, 3.05) is 47.5 Å². The molecule has 0 aliphatic rings. The van der Waals surface area contributed by atoms with Gasteiger partial charge in [-0.25, -0.2) is 0 Å². The minimum atomic E-state index is -4.63. The Balaban J connectivity index is 4.40. The highest BCUT2D eigenvalue weighted by Gasteiger charge is 2.21. The van der Waals surface area contributed by atoms with E-state index in [1.165, 1.54) is 64.2 Å². The van der Waals surface area contributed by atoms with Crippen LogP contribution >= 0.6 is 7.82 Å². The fourth-order valence-corrected chi connectivity index (χ4v) is 6.21. The predicted octanol–water partition coefficient (Wildman–Crippen LogP) is 11.3. The van der Waals surface area contributed by atoms with Gasteiger partial charge in [0, 0.05) is 12.8 Å². The van der Waals surface area contributed by atoms with Gasteiger partial charge in [-0.05, 0) is 70.6 Å². The lowest BCUT2D eigenvalue weighted by molar-refractivity contribution is -0.870. The van der Waals surface area contributed by atoms with Gasteiger partial charge in [-0.2, -0.15) is 0 Å². The maximum absolute atomic E-state index is 12.6. The van der Waals surface area contributed by atoms with Crippen molar-refractivity contribution >= 4 is 19.8 Å². The van der Waals surface area contributed by atoms with Gasteiger partial charge in [-0.1, -0.05) is 133 Å². The summed E-state index contributed by atoms with van der Waals surface area (Å²) >= 11 is 0. The number of hydrogen-bond acceptors (Lipinski definition) is 8. The molecule has 2 unspecified atom stereocenters. The number of quaternary nitrogens is 1. The Labute approximate surface area is 331 Å². The number of phosphoric acid groups is 1. The monoisotopic (exact) mass is 782 g/mol. The average molecular weight is 782 g/mol. The van der Waals surface area contributed by atoms with Crippen molar-refractivity contribution in [3.63, 3.8) is 0 Å². The Hall–Kier alpha value is -2.03. The van der Waals surface area contributed by atoms with Gasteiger partial charge in [0.2, 0.25) is 0 Å². The molecule has 0 aromatic rings. The molecule has 0 aliphatic heterocycles. The molecule has 0 aliphatic carbocycles. The molecule has 0 aromatic heterocycles. The van der Waals surface area contributed by atoms with E-state index in [2.05, 4.69) is 62.5 Å². The zero-order valence-corrected chi connectivity index (χ0v) is 36.0. The van der Waals surface area contributed by atoms with E-state index in [0.29, 0.717) is 17.4 Å². The van der Waals surface area contributed by atoms with Crippen molar-refractivity contribution in [3.8, 4) is 0 Å². The summed E-state index contributed by atoms with van der Waals surface area (Å²) in [5.41, 5.74) is 0. The lowest BCUT2D eigenvalue weighted by atomic mass is 10.1. The summed E-state index contributed by atoms with van der Waals surface area (Å²) in [5, 5.41) is 0. The lowest BCUT2D eigenvalue weighted by Crippen LogP contribution is -2.37. The second-order valence-electron chi connectivity index (χ2n) is 15.3. The van der Waals surface area contributed by atoms with Crippen LogP contribution in [0.3, 0.4) is 0 Å². The highest BCUT2D eigenvalue weighted by molar-refractivity contribution is 7.45. The molecule has 10 heteroatoms. The Kier molecular flexibility index (Phi) is 35.2. The number of phosphoric ester groups is 1. The maximum Gasteiger partial charge on any atom is 0.306 e. The molecule has 0 amide bonds. The van der Waals surface area contributed by atoms with Crippen molar-refractivity contribution in [1.82, 2.24) is 0 Å². The van der Waals surface area contributed by atoms with Crippen LogP contribution in [0.25, 0.3) is 0 Å². The number of nitrogens with zero attached hydrogens (tertiary/aromatic N) is 1. The fourth-order valence-electron chi connectivity index (χ4n) is 5.49. The van der Waals surface area contributed by atoms with Crippen LogP contribution in [-0.4, -0.2) is 70.0 Å². The normalized spacial score (nSPS) is 14.1. The molecule has 0 rings (SSSR count). The van der Waals surface area contributed by atoms with E-state index in [0.717, 1.165) is 70.6 Å². The molecule has 0 bridgehead atoms. The Morgan fingerprint density at radius 3 is 1.61 bits per heavy atom. The molecule has 0 saturated heterocycles. The van der Waals surface area contributed by atoms with Gasteiger partial charge >= 0.3 is 11.9 Å². The van der Waals surface area contributed by atoms with Crippen molar-refractivity contribution in [2.24, 2.45) is 0 Å². The Bertz CT molecular complexity index is 1070. The van der Waals surface area contributed by atoms with Crippen LogP contribution in [0.5, 0.6) is 0 Å². The third-order valence-corrected chi connectivity index (χ3v) is 9.80. The Morgan fingerprint density at radius 2 is 1.06 bits per heavy atom. The van der Waals surface area contributed by atoms with Gasteiger partial charge in [0.1, 0.15) is 19.8 Å². The summed E-state index contributed by atoms with van der Waals surface area (Å²) in [7, 11) is 1.14. The third-order valence-electron chi connectivity index (χ3n) is 8.83. The second kappa shape index (κ2) is 36.6. The molecular weight excluding hydrogens is 701 g/mol. The summed E-state index contributed by atoms with van der Waals surface area (Å²) in [6, 6.07) is 0. The number of carbonyl (C=O) groups excluding carboxylic acids is 2. The third kappa shape index (κ3) is 39.7. The summed E-state index contributed by atoms with van der Waals surface area (Å²) in [6.45, 7) is 4.06. The van der Waals surface area contributed by atoms with Crippen LogP contribution in [0.2, 0.25) is 0 Å². The van der Waals surface area contributed by atoms with E-state index in [1.807, 2.05) is 21.1 Å². The van der Waals surface area contributed by atoms with E-state index in [-0.39, 0.29) is 26.1 Å². The molecule has 314 valence electrons. The first-order valence-electron chi connectivity index (χ1n) is 21.3. The number of hydrogen-bond donors (Lipinski definition) is 0. The van der Waals surface area contributed by atoms with Crippen LogP contribution in [0.4, 0.5) is 0 Å². The first-order valence-corrected chi connectivity index (χ1v) is 22.8. The summed E-state index contributed by atoms with van der Waals surface area (Å²) in [6.07, 6.45) is 41.4. The molecule has 0 aromatic carbocycles. The van der Waals surface area contributed by atoms with Gasteiger partial charge in [0.05, 0.1) is 27.7 Å². The molecule has 0 spiro atoms. The van der Waals surface area contributed by atoms with E-state index in [9.17, 15) is 19.0 Å². The van der Waals surface area contributed by atoms with Crippen molar-refractivity contribution < 1.29 is 42.1 Å². The van der Waals surface area contributed by atoms with Crippen LogP contribution in [0, 0.1) is 0 Å². The standard InChI is InChI=1S/C44H80NO8P/c1-6-8-10-12-14-16-18-20-21-22-23-25-26-28-30-32-34-36-43(46)50-40-42(41-52-54(48,49)51-39-38-45(3,4)5)53-44(47)37-35-33-31-29-27-24-19-17-15-13-11-9-7-2/h9,11,15,17,20-21,24,27,42H,6-8,10,12-14,16,18-19,22-23,25-26,28-41H2,1-5H3/b11-9-,17-15-,21-20-,27-24-. The lowest BCUT2D eigenvalue weighted by Gasteiger charge is -2.28. The highest BCUT2D eigenvalue weighted by atomic mass is 31.2. The van der Waals surface area contributed by atoms with Crippen LogP contribution in [0.15, 0.2) is 48.6 Å². The topological polar surface area (TPSA) is 111 Å². The number of esters is 2. The van der Waals surface area contributed by atoms with Crippen molar-refractivity contribution in [1.29, 1.82) is 0 Å². The van der Waals surface area contributed by atoms with Crippen molar-refractivity contribution in [3.05, 3.63) is 48.6 Å². The molecule has 54 heavy (non-hydrogen) atoms. The van der Waals surface area contributed by atoms with Crippen LogP contribution < -0.4 is 4.89 Å². The second-order valence-corrected chi connectivity index (χ2v) is 16.7. The smallest absolute Gasteiger partial charge is 0.306 e. The van der Waals surface area contributed by atoms with Gasteiger partial charge in [0.25, 0.3) is 7.82 Å². The highest BCUT2D eigenvalue weighted by Crippen LogP contribution is 2.38. The number of likely N-dealkylation sites (N-methyl/N-ethyl adjacent to an activating group) is 1. The Morgan fingerprint density at radius 1 is 0.593 bits per heavy atom. The van der Waals surface area contributed by atoms with Gasteiger partial charge in [0.15, 0.2) is 6.10 Å². The summed E-state index contributed by atoms with van der Waals surface area (Å²) in [4.78, 5) is 37.4. The molecule has 2 atom stereocenters. The minimum Gasteiger partial charge on any atom is -0.756 e. The number of ether oxygens (including phenoxy) is 2. The zero-order chi connectivity index (χ0) is 40.0. The van der Waals surface area contributed by atoms with Gasteiger partial charge < -0.3 is 27.9 Å². The zero-order valence-electron chi connectivity index (χ0n) is 35.2. The fraction of sp³-hybridized carbons (Fsp3) is 0.773. The number of allylic oxidation sites excluding steroid dienone is 8. The molecule has 0 heterocycles. The molecule has 0 radical (unpaired) electrons. The maximum atomic E-state index is 12.6. The van der Waals surface area contributed by atoms with E-state index < -0.39 is 32.5 Å². The number of rotatable bonds is 38. The van der Waals surface area contributed by atoms with E-state index in [4.69, 9.17) is 18.5 Å². The molecule has 0 fully saturated rings. The first kappa shape index (κ1) is 52.0. The minimum absolute atomic E-state index is 0.0387. The number of carbonyl (C=O) groups is 2. The quantitative estimate of drug-likeness (QED) is 0.0200. The van der Waals surface area contributed by atoms with E-state index in [1.54, 1.807) is 0 Å². The molecule has 0 saturated carbocycles. The van der Waals surface area contributed by atoms with Crippen LogP contribution in [-0.2, 0) is 32.7 Å². The number of unbranched alkanes of at least 4 members (excludes halogenated alkanes) is 16. The average Bonchev–Trinajstić information content (AvgIpc) is 3.12. The molecular formula is C44H80NO8P. The van der Waals surface area contributed by atoms with Crippen LogP contribution in [0.1, 0.15) is 168 Å². The first-order chi connectivity index (χ1) is 26.0. The van der Waals surface area contributed by atoms with Gasteiger partial charge in [-0.15, -0.1) is 0 Å². The molecule has 0 N–H and O–H groups in total.